The van der Waals surface area contributed by atoms with Crippen molar-refractivity contribution in [3.8, 4) is 6.07 Å². The molecule has 0 bridgehead atoms. The Morgan fingerprint density at radius 1 is 1.35 bits per heavy atom. The molecule has 0 atom stereocenters. The van der Waals surface area contributed by atoms with E-state index in [0.717, 1.165) is 12.1 Å². The molecule has 0 aliphatic carbocycles. The van der Waals surface area contributed by atoms with E-state index in [1.807, 2.05) is 0 Å². The quantitative estimate of drug-likeness (QED) is 0.928. The number of benzene rings is 1. The van der Waals surface area contributed by atoms with E-state index in [9.17, 15) is 18.0 Å². The molecule has 0 aromatic heterocycles. The number of anilines is 1. The maximum absolute atomic E-state index is 12.6. The minimum absolute atomic E-state index is 0.132. The van der Waals surface area contributed by atoms with Crippen LogP contribution >= 0.6 is 0 Å². The number of carbonyl (C=O) groups is 1. The van der Waals surface area contributed by atoms with E-state index < -0.39 is 23.2 Å². The van der Waals surface area contributed by atoms with E-state index in [2.05, 4.69) is 0 Å². The van der Waals surface area contributed by atoms with Gasteiger partial charge in [0.15, 0.2) is 0 Å². The zero-order valence-corrected chi connectivity index (χ0v) is 11.1. The number of alkyl halides is 3. The Labute approximate surface area is 114 Å². The van der Waals surface area contributed by atoms with Crippen LogP contribution in [0.2, 0.25) is 0 Å². The Hall–Kier alpha value is -2.23. The van der Waals surface area contributed by atoms with Gasteiger partial charge in [-0.2, -0.15) is 18.4 Å². The summed E-state index contributed by atoms with van der Waals surface area (Å²) < 4.78 is 37.7. The molecule has 0 fully saturated rings. The minimum Gasteiger partial charge on any atom is -0.480 e. The third-order valence-electron chi connectivity index (χ3n) is 3.17. The molecule has 0 spiro atoms. The van der Waals surface area contributed by atoms with E-state index in [1.165, 1.54) is 25.8 Å². The fourth-order valence-electron chi connectivity index (χ4n) is 1.54. The highest BCUT2D eigenvalue weighted by Crippen LogP contribution is 2.34. The van der Waals surface area contributed by atoms with Crippen LogP contribution in [0.1, 0.15) is 25.0 Å². The summed E-state index contributed by atoms with van der Waals surface area (Å²) in [4.78, 5) is 12.4. The molecule has 0 heterocycles. The first-order chi connectivity index (χ1) is 9.01. The smallest absolute Gasteiger partial charge is 0.416 e. The van der Waals surface area contributed by atoms with Crippen LogP contribution in [0.4, 0.5) is 18.9 Å². The summed E-state index contributed by atoms with van der Waals surface area (Å²) >= 11 is 0. The number of carboxylic acid groups (broad SMARTS) is 1. The van der Waals surface area contributed by atoms with E-state index in [4.69, 9.17) is 10.4 Å². The highest BCUT2D eigenvalue weighted by atomic mass is 19.4. The Bertz CT molecular complexity index is 574. The van der Waals surface area contributed by atoms with Crippen molar-refractivity contribution in [1.29, 1.82) is 5.26 Å². The largest absolute Gasteiger partial charge is 0.480 e. The number of likely N-dealkylation sites (N-methyl/N-ethyl adjacent to an activating group) is 1. The Morgan fingerprint density at radius 3 is 2.30 bits per heavy atom. The Balaban J connectivity index is 3.35. The van der Waals surface area contributed by atoms with Crippen molar-refractivity contribution in [2.45, 2.75) is 25.6 Å². The lowest BCUT2D eigenvalue weighted by atomic mass is 10.0. The highest BCUT2D eigenvalue weighted by molar-refractivity contribution is 5.83. The maximum atomic E-state index is 12.6. The molecule has 1 aromatic carbocycles. The predicted octanol–water partition coefficient (Wildman–Crippen LogP) is 2.88. The molecule has 4 nitrogen and oxygen atoms in total. The first-order valence-electron chi connectivity index (χ1n) is 5.60. The third kappa shape index (κ3) is 2.85. The molecule has 0 saturated carbocycles. The van der Waals surface area contributed by atoms with Gasteiger partial charge < -0.3 is 10.0 Å². The number of rotatable bonds is 3. The maximum Gasteiger partial charge on any atom is 0.416 e. The summed E-state index contributed by atoms with van der Waals surface area (Å²) in [5.74, 6) is -1.15. The molecule has 0 amide bonds. The molecule has 0 unspecified atom stereocenters. The highest BCUT2D eigenvalue weighted by Gasteiger charge is 2.35. The zero-order valence-electron chi connectivity index (χ0n) is 11.1. The number of hydrogen-bond donors (Lipinski definition) is 1. The van der Waals surface area contributed by atoms with Crippen LogP contribution in [-0.2, 0) is 11.0 Å². The van der Waals surface area contributed by atoms with Gasteiger partial charge in [0.2, 0.25) is 0 Å². The fraction of sp³-hybridized carbons (Fsp3) is 0.385. The summed E-state index contributed by atoms with van der Waals surface area (Å²) in [6.45, 7) is 2.79. The van der Waals surface area contributed by atoms with E-state index in [-0.39, 0.29) is 11.3 Å². The first-order valence-corrected chi connectivity index (χ1v) is 5.60. The van der Waals surface area contributed by atoms with Gasteiger partial charge in [-0.1, -0.05) is 0 Å². The second-order valence-electron chi connectivity index (χ2n) is 4.76. The van der Waals surface area contributed by atoms with Gasteiger partial charge in [-0.05, 0) is 32.0 Å². The topological polar surface area (TPSA) is 64.3 Å². The lowest BCUT2D eigenvalue weighted by molar-refractivity contribution is -0.142. The number of halogens is 3. The summed E-state index contributed by atoms with van der Waals surface area (Å²) in [6, 6.07) is 4.30. The molecule has 7 heteroatoms. The summed E-state index contributed by atoms with van der Waals surface area (Å²) in [6.07, 6.45) is -4.55. The van der Waals surface area contributed by atoms with Gasteiger partial charge >= 0.3 is 12.1 Å². The van der Waals surface area contributed by atoms with Crippen molar-refractivity contribution in [3.63, 3.8) is 0 Å². The van der Waals surface area contributed by atoms with Crippen molar-refractivity contribution in [2.75, 3.05) is 11.9 Å². The van der Waals surface area contributed by atoms with Crippen LogP contribution in [0.3, 0.4) is 0 Å². The SMILES string of the molecule is CN(c1ccc(C(F)(F)F)cc1C#N)C(C)(C)C(=O)O. The van der Waals surface area contributed by atoms with Gasteiger partial charge in [0.05, 0.1) is 16.8 Å². The van der Waals surface area contributed by atoms with Gasteiger partial charge in [0.25, 0.3) is 0 Å². The minimum atomic E-state index is -4.55. The zero-order chi connectivity index (χ0) is 15.7. The fourth-order valence-corrected chi connectivity index (χ4v) is 1.54. The van der Waals surface area contributed by atoms with Crippen molar-refractivity contribution < 1.29 is 23.1 Å². The number of nitriles is 1. The Morgan fingerprint density at radius 2 is 1.90 bits per heavy atom. The van der Waals surface area contributed by atoms with Crippen LogP contribution in [0.5, 0.6) is 0 Å². The molecular weight excluding hydrogens is 273 g/mol. The molecule has 1 aromatic rings. The van der Waals surface area contributed by atoms with Crippen molar-refractivity contribution >= 4 is 11.7 Å². The van der Waals surface area contributed by atoms with E-state index in [1.54, 1.807) is 6.07 Å². The molecule has 108 valence electrons. The number of carboxylic acids is 1. The second kappa shape index (κ2) is 5.04. The van der Waals surface area contributed by atoms with Gasteiger partial charge in [0.1, 0.15) is 11.6 Å². The van der Waals surface area contributed by atoms with E-state index >= 15 is 0 Å². The lowest BCUT2D eigenvalue weighted by Gasteiger charge is -2.34. The molecule has 0 aliphatic rings. The summed E-state index contributed by atoms with van der Waals surface area (Å²) in [7, 11) is 1.41. The Kier molecular flexibility index (Phi) is 3.99. The van der Waals surface area contributed by atoms with Gasteiger partial charge in [-0.3, -0.25) is 0 Å². The standard InChI is InChI=1S/C13H13F3N2O2/c1-12(2,11(19)20)18(3)10-5-4-9(13(14,15)16)6-8(10)7-17/h4-6H,1-3H3,(H,19,20). The van der Waals surface area contributed by atoms with E-state index in [0.29, 0.717) is 6.07 Å². The number of nitrogens with zero attached hydrogens (tertiary/aromatic N) is 2. The van der Waals surface area contributed by atoms with Crippen LogP contribution in [0.15, 0.2) is 18.2 Å². The van der Waals surface area contributed by atoms with Crippen LogP contribution in [0.25, 0.3) is 0 Å². The molecule has 0 aliphatic heterocycles. The van der Waals surface area contributed by atoms with Gasteiger partial charge in [-0.25, -0.2) is 4.79 Å². The molecule has 0 saturated heterocycles. The predicted molar refractivity (Wildman–Crippen MR) is 66.3 cm³/mol. The van der Waals surface area contributed by atoms with Crippen molar-refractivity contribution in [2.24, 2.45) is 0 Å². The molecule has 1 rings (SSSR count). The van der Waals surface area contributed by atoms with Gasteiger partial charge in [0, 0.05) is 7.05 Å². The monoisotopic (exact) mass is 286 g/mol. The summed E-state index contributed by atoms with van der Waals surface area (Å²) in [5.41, 5.74) is -2.39. The van der Waals surface area contributed by atoms with Crippen molar-refractivity contribution in [3.05, 3.63) is 29.3 Å². The van der Waals surface area contributed by atoms with Crippen LogP contribution < -0.4 is 4.90 Å². The molecule has 20 heavy (non-hydrogen) atoms. The number of hydrogen-bond acceptors (Lipinski definition) is 3. The number of aliphatic carboxylic acids is 1. The molecule has 1 N–H and O–H groups in total. The lowest BCUT2D eigenvalue weighted by Crippen LogP contribution is -2.48. The van der Waals surface area contributed by atoms with Crippen molar-refractivity contribution in [1.82, 2.24) is 0 Å². The normalized spacial score (nSPS) is 11.8. The first kappa shape index (κ1) is 15.8. The van der Waals surface area contributed by atoms with Crippen LogP contribution in [-0.4, -0.2) is 23.7 Å². The third-order valence-corrected chi connectivity index (χ3v) is 3.17. The van der Waals surface area contributed by atoms with Crippen LogP contribution in [0, 0.1) is 11.3 Å². The summed E-state index contributed by atoms with van der Waals surface area (Å²) in [5, 5.41) is 18.1. The molecular formula is C13H13F3N2O2. The average molecular weight is 286 g/mol. The van der Waals surface area contributed by atoms with Gasteiger partial charge in [-0.15, -0.1) is 0 Å². The molecule has 0 radical (unpaired) electrons. The second-order valence-corrected chi connectivity index (χ2v) is 4.76. The average Bonchev–Trinajstić information content (AvgIpc) is 2.35.